The third kappa shape index (κ3) is 5.20. The number of hydrogen-bond acceptors (Lipinski definition) is 2. The average Bonchev–Trinajstić information content (AvgIpc) is 1.97. The van der Waals surface area contributed by atoms with Crippen LogP contribution in [0.1, 0.15) is 40.5 Å². The van der Waals surface area contributed by atoms with Crippen molar-refractivity contribution in [2.24, 2.45) is 16.9 Å². The molecule has 15 heavy (non-hydrogen) atoms. The van der Waals surface area contributed by atoms with E-state index in [1.165, 1.54) is 5.57 Å². The Morgan fingerprint density at radius 1 is 1.27 bits per heavy atom. The van der Waals surface area contributed by atoms with E-state index in [0.717, 1.165) is 18.4 Å². The van der Waals surface area contributed by atoms with Crippen LogP contribution in [-0.2, 0) is 4.79 Å². The zero-order chi connectivity index (χ0) is 12.2. The number of allylic oxidation sites excluding steroid dienone is 2. The van der Waals surface area contributed by atoms with Crippen LogP contribution in [0.15, 0.2) is 11.1 Å². The minimum absolute atomic E-state index is 0.195. The van der Waals surface area contributed by atoms with E-state index in [1.807, 2.05) is 6.92 Å². The Hall–Kier alpha value is -1.32. The fraction of sp³-hybridized carbons (Fsp3) is 0.636. The molecule has 0 aromatic heterocycles. The van der Waals surface area contributed by atoms with Crippen molar-refractivity contribution in [2.45, 2.75) is 40.5 Å². The third-order valence-corrected chi connectivity index (χ3v) is 2.44. The molecule has 0 saturated heterocycles. The van der Waals surface area contributed by atoms with Gasteiger partial charge >= 0.3 is 0 Å². The number of hydrogen-bond donors (Lipinski definition) is 3. The first-order valence-electron chi connectivity index (χ1n) is 4.95. The Labute approximate surface area is 91.2 Å². The quantitative estimate of drug-likeness (QED) is 0.419. The van der Waals surface area contributed by atoms with Gasteiger partial charge in [-0.2, -0.15) is 0 Å². The number of rotatable bonds is 0. The highest BCUT2D eigenvalue weighted by Gasteiger charge is 2.28. The predicted molar refractivity (Wildman–Crippen MR) is 62.5 cm³/mol. The molecule has 86 valence electrons. The maximum absolute atomic E-state index is 11.4. The molecule has 0 aromatic rings. The molecule has 0 aliphatic heterocycles. The van der Waals surface area contributed by atoms with Gasteiger partial charge in [-0.25, -0.2) is 0 Å². The van der Waals surface area contributed by atoms with Gasteiger partial charge in [0.1, 0.15) is 0 Å². The number of ketones is 1. The lowest BCUT2D eigenvalue weighted by molar-refractivity contribution is -0.118. The van der Waals surface area contributed by atoms with Gasteiger partial charge < -0.3 is 11.5 Å². The average molecular weight is 211 g/mol. The summed E-state index contributed by atoms with van der Waals surface area (Å²) in [6.45, 7) is 8.31. The first kappa shape index (κ1) is 13.7. The summed E-state index contributed by atoms with van der Waals surface area (Å²) in [6.07, 6.45) is 1.79. The first-order chi connectivity index (χ1) is 6.65. The molecular weight excluding hydrogens is 190 g/mol. The van der Waals surface area contributed by atoms with Crippen molar-refractivity contribution < 1.29 is 4.79 Å². The molecule has 0 radical (unpaired) electrons. The molecular formula is C11H21N3O. The van der Waals surface area contributed by atoms with Gasteiger partial charge in [0.05, 0.1) is 0 Å². The number of guanidine groups is 1. The van der Waals surface area contributed by atoms with Crippen LogP contribution in [0.5, 0.6) is 0 Å². The monoisotopic (exact) mass is 211 g/mol. The standard InChI is InChI=1S/C10H16O.CH5N3/c1-7-5-10(3,4)6-9(11)8(7)2;2-1(3)4/h5-6H2,1-4H3;(H5,2,3,4). The summed E-state index contributed by atoms with van der Waals surface area (Å²) in [4.78, 5) is 11.4. The largest absolute Gasteiger partial charge is 0.370 e. The topological polar surface area (TPSA) is 93.0 Å². The van der Waals surface area contributed by atoms with Crippen molar-refractivity contribution in [1.29, 1.82) is 5.41 Å². The Morgan fingerprint density at radius 2 is 1.67 bits per heavy atom. The zero-order valence-electron chi connectivity index (χ0n) is 9.98. The predicted octanol–water partition coefficient (Wildman–Crippen LogP) is 1.55. The SMILES string of the molecule is CC1=C(C)C(=O)CC(C)(C)C1.N=C(N)N. The van der Waals surface area contributed by atoms with Gasteiger partial charge in [-0.05, 0) is 31.3 Å². The smallest absolute Gasteiger partial charge is 0.183 e. The van der Waals surface area contributed by atoms with Crippen LogP contribution in [0, 0.1) is 10.8 Å². The molecule has 0 unspecified atom stereocenters. The van der Waals surface area contributed by atoms with E-state index in [-0.39, 0.29) is 11.4 Å². The Bertz CT molecular complexity index is 299. The van der Waals surface area contributed by atoms with Crippen LogP contribution < -0.4 is 11.5 Å². The van der Waals surface area contributed by atoms with Gasteiger partial charge in [0.15, 0.2) is 11.7 Å². The molecule has 4 heteroatoms. The molecule has 1 aliphatic rings. The second-order valence-corrected chi connectivity index (χ2v) is 4.80. The fourth-order valence-electron chi connectivity index (χ4n) is 1.72. The molecule has 0 saturated carbocycles. The lowest BCUT2D eigenvalue weighted by atomic mass is 9.74. The molecule has 1 aliphatic carbocycles. The van der Waals surface area contributed by atoms with Gasteiger partial charge in [-0.15, -0.1) is 0 Å². The maximum Gasteiger partial charge on any atom is 0.183 e. The van der Waals surface area contributed by atoms with Crippen molar-refractivity contribution in [2.75, 3.05) is 0 Å². The summed E-state index contributed by atoms with van der Waals surface area (Å²) >= 11 is 0. The van der Waals surface area contributed by atoms with E-state index in [9.17, 15) is 4.79 Å². The molecule has 5 N–H and O–H groups in total. The van der Waals surface area contributed by atoms with Crippen molar-refractivity contribution >= 4 is 11.7 Å². The molecule has 0 aromatic carbocycles. The molecule has 0 spiro atoms. The molecule has 0 heterocycles. The van der Waals surface area contributed by atoms with E-state index in [1.54, 1.807) is 0 Å². The maximum atomic E-state index is 11.4. The van der Waals surface area contributed by atoms with Crippen molar-refractivity contribution in [3.63, 3.8) is 0 Å². The number of Topliss-reactive ketones (excluding diaryl/α,β-unsaturated/α-hetero) is 1. The van der Waals surface area contributed by atoms with Crippen LogP contribution in [0.4, 0.5) is 0 Å². The normalized spacial score (nSPS) is 19.3. The fourth-order valence-corrected chi connectivity index (χ4v) is 1.72. The van der Waals surface area contributed by atoms with Gasteiger partial charge in [0.25, 0.3) is 0 Å². The lowest BCUT2D eigenvalue weighted by Gasteiger charge is -2.29. The van der Waals surface area contributed by atoms with E-state index in [0.29, 0.717) is 5.78 Å². The summed E-state index contributed by atoms with van der Waals surface area (Å²) in [5.74, 6) is -0.00116. The van der Waals surface area contributed by atoms with E-state index < -0.39 is 0 Å². The number of carbonyl (C=O) groups excluding carboxylic acids is 1. The van der Waals surface area contributed by atoms with Crippen LogP contribution >= 0.6 is 0 Å². The molecule has 4 nitrogen and oxygen atoms in total. The van der Waals surface area contributed by atoms with Gasteiger partial charge in [-0.1, -0.05) is 19.4 Å². The first-order valence-corrected chi connectivity index (χ1v) is 4.95. The minimum Gasteiger partial charge on any atom is -0.370 e. The third-order valence-electron chi connectivity index (χ3n) is 2.44. The molecule has 0 amide bonds. The van der Waals surface area contributed by atoms with E-state index >= 15 is 0 Å². The summed E-state index contributed by atoms with van der Waals surface area (Å²) in [7, 11) is 0. The van der Waals surface area contributed by atoms with Crippen molar-refractivity contribution in [3.8, 4) is 0 Å². The van der Waals surface area contributed by atoms with Crippen LogP contribution in [0.3, 0.4) is 0 Å². The molecule has 0 atom stereocenters. The molecule has 0 fully saturated rings. The summed E-state index contributed by atoms with van der Waals surface area (Å²) < 4.78 is 0. The van der Waals surface area contributed by atoms with Crippen LogP contribution in [0.25, 0.3) is 0 Å². The Balaban J connectivity index is 0.000000423. The van der Waals surface area contributed by atoms with E-state index in [4.69, 9.17) is 5.41 Å². The Morgan fingerprint density at radius 3 is 2.00 bits per heavy atom. The number of nitrogens with one attached hydrogen (secondary N) is 1. The zero-order valence-corrected chi connectivity index (χ0v) is 9.98. The number of nitrogens with two attached hydrogens (primary N) is 2. The Kier molecular flexibility index (Phi) is 4.52. The second-order valence-electron chi connectivity index (χ2n) is 4.80. The molecule has 0 bridgehead atoms. The van der Waals surface area contributed by atoms with Gasteiger partial charge in [0, 0.05) is 6.42 Å². The van der Waals surface area contributed by atoms with E-state index in [2.05, 4.69) is 32.2 Å². The van der Waals surface area contributed by atoms with Crippen LogP contribution in [0.2, 0.25) is 0 Å². The summed E-state index contributed by atoms with van der Waals surface area (Å²) in [5, 5.41) is 6.06. The summed E-state index contributed by atoms with van der Waals surface area (Å²) in [5.41, 5.74) is 11.4. The van der Waals surface area contributed by atoms with Crippen molar-refractivity contribution in [3.05, 3.63) is 11.1 Å². The van der Waals surface area contributed by atoms with Gasteiger partial charge in [-0.3, -0.25) is 10.2 Å². The highest BCUT2D eigenvalue weighted by atomic mass is 16.1. The lowest BCUT2D eigenvalue weighted by Crippen LogP contribution is -2.23. The second kappa shape index (κ2) is 4.96. The minimum atomic E-state index is -0.333. The van der Waals surface area contributed by atoms with Crippen LogP contribution in [-0.4, -0.2) is 11.7 Å². The molecule has 1 rings (SSSR count). The van der Waals surface area contributed by atoms with Gasteiger partial charge in [0.2, 0.25) is 0 Å². The summed E-state index contributed by atoms with van der Waals surface area (Å²) in [6, 6.07) is 0. The number of carbonyl (C=O) groups is 1. The highest BCUT2D eigenvalue weighted by molar-refractivity contribution is 5.96. The van der Waals surface area contributed by atoms with Crippen molar-refractivity contribution in [1.82, 2.24) is 0 Å². The highest BCUT2D eigenvalue weighted by Crippen LogP contribution is 2.36.